The van der Waals surface area contributed by atoms with Crippen LogP contribution in [0.4, 0.5) is 0 Å². The van der Waals surface area contributed by atoms with Gasteiger partial charge < -0.3 is 19.9 Å². The predicted molar refractivity (Wildman–Crippen MR) is 68.6 cm³/mol. The molecule has 1 heterocycles. The molecule has 0 radical (unpaired) electrons. The van der Waals surface area contributed by atoms with Crippen LogP contribution in [0.25, 0.3) is 0 Å². The lowest BCUT2D eigenvalue weighted by atomic mass is 10.2. The Morgan fingerprint density at radius 1 is 1.25 bits per heavy atom. The van der Waals surface area contributed by atoms with Gasteiger partial charge in [-0.25, -0.2) is 0 Å². The van der Waals surface area contributed by atoms with Crippen molar-refractivity contribution in [1.29, 1.82) is 0 Å². The number of benzene rings is 1. The average molecular weight is 277 g/mol. The number of carboxylic acid groups (broad SMARTS) is 1. The first kappa shape index (κ1) is 12.8. The Bertz CT molecular complexity index is 544. The molecule has 3 unspecified atom stereocenters. The van der Waals surface area contributed by atoms with E-state index in [2.05, 4.69) is 5.32 Å². The zero-order valence-electron chi connectivity index (χ0n) is 10.7. The molecule has 6 nitrogen and oxygen atoms in total. The number of para-hydroxylation sites is 2. The maximum absolute atomic E-state index is 11.7. The first-order chi connectivity index (χ1) is 9.65. The van der Waals surface area contributed by atoms with E-state index in [0.29, 0.717) is 31.1 Å². The van der Waals surface area contributed by atoms with Gasteiger partial charge in [-0.3, -0.25) is 9.59 Å². The van der Waals surface area contributed by atoms with Crippen LogP contribution in [0.5, 0.6) is 11.5 Å². The van der Waals surface area contributed by atoms with Crippen molar-refractivity contribution >= 4 is 11.9 Å². The molecule has 20 heavy (non-hydrogen) atoms. The van der Waals surface area contributed by atoms with Gasteiger partial charge in [-0.15, -0.1) is 0 Å². The second-order valence-corrected chi connectivity index (χ2v) is 5.03. The smallest absolute Gasteiger partial charge is 0.307 e. The second kappa shape index (κ2) is 5.03. The summed E-state index contributed by atoms with van der Waals surface area (Å²) in [5.41, 5.74) is 0. The Kier molecular flexibility index (Phi) is 3.22. The van der Waals surface area contributed by atoms with Gasteiger partial charge in [0.25, 0.3) is 0 Å². The molecule has 0 spiro atoms. The van der Waals surface area contributed by atoms with Gasteiger partial charge in [-0.2, -0.15) is 0 Å². The molecule has 3 rings (SSSR count). The molecule has 1 fully saturated rings. The van der Waals surface area contributed by atoms with E-state index in [1.54, 1.807) is 0 Å². The van der Waals surface area contributed by atoms with Crippen LogP contribution in [0.2, 0.25) is 0 Å². The van der Waals surface area contributed by atoms with Gasteiger partial charge in [0.05, 0.1) is 18.4 Å². The van der Waals surface area contributed by atoms with Crippen LogP contribution in [-0.4, -0.2) is 36.2 Å². The summed E-state index contributed by atoms with van der Waals surface area (Å²) in [6.07, 6.45) is 0.169. The monoisotopic (exact) mass is 277 g/mol. The highest BCUT2D eigenvalue weighted by atomic mass is 16.6. The summed E-state index contributed by atoms with van der Waals surface area (Å²) in [6, 6.07) is 7.35. The van der Waals surface area contributed by atoms with Crippen molar-refractivity contribution in [2.45, 2.75) is 12.5 Å². The van der Waals surface area contributed by atoms with Gasteiger partial charge in [-0.05, 0) is 18.6 Å². The summed E-state index contributed by atoms with van der Waals surface area (Å²) in [4.78, 5) is 22.4. The Morgan fingerprint density at radius 2 is 2.00 bits per heavy atom. The average Bonchev–Trinajstić information content (AvgIpc) is 3.25. The van der Waals surface area contributed by atoms with E-state index in [9.17, 15) is 9.59 Å². The quantitative estimate of drug-likeness (QED) is 0.844. The third-order valence-corrected chi connectivity index (χ3v) is 3.52. The van der Waals surface area contributed by atoms with Gasteiger partial charge in [0.1, 0.15) is 12.7 Å². The van der Waals surface area contributed by atoms with Gasteiger partial charge in [-0.1, -0.05) is 12.1 Å². The fourth-order valence-electron chi connectivity index (χ4n) is 2.27. The van der Waals surface area contributed by atoms with Gasteiger partial charge in [0.2, 0.25) is 5.91 Å². The molecule has 1 aliphatic carbocycles. The molecule has 2 aliphatic rings. The molecule has 1 aromatic carbocycles. The molecule has 0 aromatic heterocycles. The number of carbonyl (C=O) groups is 2. The number of ether oxygens (including phenoxy) is 2. The van der Waals surface area contributed by atoms with Crippen molar-refractivity contribution in [2.24, 2.45) is 11.8 Å². The van der Waals surface area contributed by atoms with Crippen molar-refractivity contribution in [2.75, 3.05) is 13.2 Å². The van der Waals surface area contributed by atoms with Crippen molar-refractivity contribution in [3.05, 3.63) is 24.3 Å². The van der Waals surface area contributed by atoms with E-state index >= 15 is 0 Å². The lowest BCUT2D eigenvalue weighted by Crippen LogP contribution is -2.41. The van der Waals surface area contributed by atoms with Crippen molar-refractivity contribution in [3.8, 4) is 11.5 Å². The van der Waals surface area contributed by atoms with Crippen LogP contribution in [0.3, 0.4) is 0 Å². The maximum atomic E-state index is 11.7. The van der Waals surface area contributed by atoms with Crippen LogP contribution >= 0.6 is 0 Å². The summed E-state index contributed by atoms with van der Waals surface area (Å²) in [5, 5.41) is 11.5. The Labute approximate surface area is 115 Å². The highest BCUT2D eigenvalue weighted by Gasteiger charge is 2.48. The van der Waals surface area contributed by atoms with Gasteiger partial charge in [0, 0.05) is 0 Å². The summed E-state index contributed by atoms with van der Waals surface area (Å²) in [7, 11) is 0. The largest absolute Gasteiger partial charge is 0.486 e. The molecular formula is C14H15NO5. The number of carbonyl (C=O) groups excluding carboxylic acids is 1. The number of hydrogen-bond donors (Lipinski definition) is 2. The van der Waals surface area contributed by atoms with E-state index in [1.807, 2.05) is 24.3 Å². The number of amides is 1. The molecule has 1 saturated carbocycles. The highest BCUT2D eigenvalue weighted by molar-refractivity contribution is 5.89. The van der Waals surface area contributed by atoms with E-state index in [1.165, 1.54) is 0 Å². The minimum absolute atomic E-state index is 0.222. The molecule has 0 bridgehead atoms. The lowest BCUT2D eigenvalue weighted by Gasteiger charge is -2.26. The van der Waals surface area contributed by atoms with E-state index in [4.69, 9.17) is 14.6 Å². The minimum Gasteiger partial charge on any atom is -0.486 e. The maximum Gasteiger partial charge on any atom is 0.307 e. The van der Waals surface area contributed by atoms with Crippen molar-refractivity contribution in [1.82, 2.24) is 5.32 Å². The second-order valence-electron chi connectivity index (χ2n) is 5.03. The number of carboxylic acids is 1. The van der Waals surface area contributed by atoms with Crippen LogP contribution in [0.1, 0.15) is 6.42 Å². The van der Waals surface area contributed by atoms with Gasteiger partial charge in [0.15, 0.2) is 11.5 Å². The first-order valence-electron chi connectivity index (χ1n) is 6.54. The Hall–Kier alpha value is -2.24. The SMILES string of the molecule is O=C(O)C1CC1C(=O)NCC1COc2ccccc2O1. The summed E-state index contributed by atoms with van der Waals surface area (Å²) < 4.78 is 11.2. The van der Waals surface area contributed by atoms with Crippen LogP contribution in [-0.2, 0) is 9.59 Å². The number of hydrogen-bond acceptors (Lipinski definition) is 4. The third-order valence-electron chi connectivity index (χ3n) is 3.52. The number of rotatable bonds is 4. The fraction of sp³-hybridized carbons (Fsp3) is 0.429. The molecular weight excluding hydrogens is 262 g/mol. The zero-order valence-corrected chi connectivity index (χ0v) is 10.7. The lowest BCUT2D eigenvalue weighted by molar-refractivity contribution is -0.140. The van der Waals surface area contributed by atoms with E-state index in [-0.39, 0.29) is 12.0 Å². The molecule has 0 saturated heterocycles. The van der Waals surface area contributed by atoms with Crippen LogP contribution < -0.4 is 14.8 Å². The number of aliphatic carboxylic acids is 1. The normalized spacial score (nSPS) is 26.7. The van der Waals surface area contributed by atoms with Crippen LogP contribution in [0.15, 0.2) is 24.3 Å². The van der Waals surface area contributed by atoms with Gasteiger partial charge >= 0.3 is 5.97 Å². The molecule has 1 aromatic rings. The molecule has 6 heteroatoms. The molecule has 1 aliphatic heterocycles. The number of fused-ring (bicyclic) bond motifs is 1. The molecule has 2 N–H and O–H groups in total. The summed E-state index contributed by atoms with van der Waals surface area (Å²) in [6.45, 7) is 0.681. The zero-order chi connectivity index (χ0) is 14.1. The minimum atomic E-state index is -0.906. The molecule has 3 atom stereocenters. The third kappa shape index (κ3) is 2.54. The van der Waals surface area contributed by atoms with E-state index in [0.717, 1.165) is 0 Å². The number of nitrogens with one attached hydrogen (secondary N) is 1. The molecule has 106 valence electrons. The predicted octanol–water partition coefficient (Wildman–Crippen LogP) is 0.663. The summed E-state index contributed by atoms with van der Waals surface area (Å²) >= 11 is 0. The Balaban J connectivity index is 1.49. The highest BCUT2D eigenvalue weighted by Crippen LogP contribution is 2.38. The van der Waals surface area contributed by atoms with Crippen molar-refractivity contribution < 1.29 is 24.2 Å². The Morgan fingerprint density at radius 3 is 2.70 bits per heavy atom. The van der Waals surface area contributed by atoms with E-state index < -0.39 is 17.8 Å². The van der Waals surface area contributed by atoms with Crippen LogP contribution in [0, 0.1) is 11.8 Å². The standard InChI is InChI=1S/C14H15NO5/c16-13(9-5-10(9)14(17)18)15-6-8-7-19-11-3-1-2-4-12(11)20-8/h1-4,8-10H,5-7H2,(H,15,16)(H,17,18). The summed E-state index contributed by atoms with van der Waals surface area (Å²) in [5.74, 6) is -0.698. The van der Waals surface area contributed by atoms with Crippen molar-refractivity contribution in [3.63, 3.8) is 0 Å². The topological polar surface area (TPSA) is 84.9 Å². The first-order valence-corrected chi connectivity index (χ1v) is 6.54. The molecule has 1 amide bonds. The fourth-order valence-corrected chi connectivity index (χ4v) is 2.27.